The Morgan fingerprint density at radius 1 is 1.21 bits per heavy atom. The zero-order chi connectivity index (χ0) is 10.6. The molecule has 0 aliphatic heterocycles. The average molecular weight is 220 g/mol. The van der Waals surface area contributed by atoms with Crippen molar-refractivity contribution < 1.29 is 12.6 Å². The Labute approximate surface area is 87.0 Å². The van der Waals surface area contributed by atoms with E-state index in [4.69, 9.17) is 4.18 Å². The molecule has 0 aromatic heterocycles. The van der Waals surface area contributed by atoms with Crippen LogP contribution < -0.4 is 0 Å². The normalized spacial score (nSPS) is 29.0. The summed E-state index contributed by atoms with van der Waals surface area (Å²) in [5.74, 6) is 1.52. The summed E-state index contributed by atoms with van der Waals surface area (Å²) < 4.78 is 26.1. The molecule has 1 aliphatic carbocycles. The summed E-state index contributed by atoms with van der Waals surface area (Å²) in [7, 11) is -3.24. The molecule has 0 aromatic carbocycles. The van der Waals surface area contributed by atoms with E-state index in [0.29, 0.717) is 12.5 Å². The highest BCUT2D eigenvalue weighted by Crippen LogP contribution is 2.30. The van der Waals surface area contributed by atoms with Crippen LogP contribution in [0.2, 0.25) is 0 Å². The van der Waals surface area contributed by atoms with Crippen molar-refractivity contribution in [2.45, 2.75) is 39.0 Å². The highest BCUT2D eigenvalue weighted by atomic mass is 32.2. The Hall–Kier alpha value is -0.0900. The molecule has 1 saturated carbocycles. The van der Waals surface area contributed by atoms with Gasteiger partial charge >= 0.3 is 0 Å². The lowest BCUT2D eigenvalue weighted by Gasteiger charge is -2.25. The third kappa shape index (κ3) is 4.96. The van der Waals surface area contributed by atoms with E-state index in [1.807, 2.05) is 0 Å². The van der Waals surface area contributed by atoms with E-state index in [0.717, 1.165) is 18.6 Å². The van der Waals surface area contributed by atoms with Crippen molar-refractivity contribution in [2.24, 2.45) is 11.8 Å². The first-order valence-corrected chi connectivity index (χ1v) is 7.13. The van der Waals surface area contributed by atoms with Crippen molar-refractivity contribution >= 4 is 10.1 Å². The average Bonchev–Trinajstić information content (AvgIpc) is 2.06. The minimum absolute atomic E-state index is 0.359. The molecule has 0 N–H and O–H groups in total. The largest absolute Gasteiger partial charge is 0.270 e. The Morgan fingerprint density at radius 3 is 2.29 bits per heavy atom. The molecule has 84 valence electrons. The Bertz CT molecular complexity index is 251. The first kappa shape index (κ1) is 12.0. The third-order valence-corrected chi connectivity index (χ3v) is 3.55. The van der Waals surface area contributed by atoms with Crippen molar-refractivity contribution in [3.05, 3.63) is 0 Å². The maximum absolute atomic E-state index is 10.7. The summed E-state index contributed by atoms with van der Waals surface area (Å²) in [4.78, 5) is 0. The maximum atomic E-state index is 10.7. The highest BCUT2D eigenvalue weighted by molar-refractivity contribution is 7.85. The second-order valence-electron chi connectivity index (χ2n) is 4.44. The summed E-state index contributed by atoms with van der Waals surface area (Å²) in [6.45, 7) is 2.64. The van der Waals surface area contributed by atoms with Gasteiger partial charge in [0.1, 0.15) is 0 Å². The molecule has 1 fully saturated rings. The van der Waals surface area contributed by atoms with Crippen molar-refractivity contribution in [2.75, 3.05) is 12.9 Å². The van der Waals surface area contributed by atoms with Gasteiger partial charge in [0.15, 0.2) is 0 Å². The summed E-state index contributed by atoms with van der Waals surface area (Å²) in [5, 5.41) is 0. The van der Waals surface area contributed by atoms with Crippen molar-refractivity contribution in [3.8, 4) is 0 Å². The molecule has 0 spiro atoms. The van der Waals surface area contributed by atoms with Gasteiger partial charge in [-0.05, 0) is 18.3 Å². The summed E-state index contributed by atoms with van der Waals surface area (Å²) in [6.07, 6.45) is 7.02. The minimum atomic E-state index is -3.24. The van der Waals surface area contributed by atoms with Crippen molar-refractivity contribution in [3.63, 3.8) is 0 Å². The standard InChI is InChI=1S/C10H20O3S/c1-9-3-5-10(6-4-9)7-8-13-14(2,11)12/h9-10H,3-8H2,1-2H3/t9-,10-. The molecule has 0 radical (unpaired) electrons. The molecular formula is C10H20O3S. The van der Waals surface area contributed by atoms with Gasteiger partial charge in [-0.3, -0.25) is 4.18 Å². The zero-order valence-electron chi connectivity index (χ0n) is 9.03. The van der Waals surface area contributed by atoms with E-state index >= 15 is 0 Å². The third-order valence-electron chi connectivity index (χ3n) is 2.96. The van der Waals surface area contributed by atoms with E-state index < -0.39 is 10.1 Å². The predicted molar refractivity (Wildman–Crippen MR) is 56.5 cm³/mol. The quantitative estimate of drug-likeness (QED) is 0.682. The predicted octanol–water partition coefficient (Wildman–Crippen LogP) is 2.18. The lowest BCUT2D eigenvalue weighted by Crippen LogP contribution is -2.15. The molecule has 3 nitrogen and oxygen atoms in total. The molecule has 0 atom stereocenters. The number of rotatable bonds is 4. The number of hydrogen-bond acceptors (Lipinski definition) is 3. The lowest BCUT2D eigenvalue weighted by atomic mass is 9.82. The van der Waals surface area contributed by atoms with E-state index in [2.05, 4.69) is 6.92 Å². The second-order valence-corrected chi connectivity index (χ2v) is 6.08. The van der Waals surface area contributed by atoms with Crippen LogP contribution in [0.1, 0.15) is 39.0 Å². The van der Waals surface area contributed by atoms with Crippen LogP contribution in [0.3, 0.4) is 0 Å². The molecule has 0 heterocycles. The van der Waals surface area contributed by atoms with Gasteiger partial charge in [0.25, 0.3) is 10.1 Å². The summed E-state index contributed by atoms with van der Waals surface area (Å²) in [5.41, 5.74) is 0. The van der Waals surface area contributed by atoms with Crippen LogP contribution in [0.4, 0.5) is 0 Å². The van der Waals surface area contributed by atoms with Crippen LogP contribution in [-0.4, -0.2) is 21.3 Å². The minimum Gasteiger partial charge on any atom is -0.270 e. The van der Waals surface area contributed by atoms with Crippen LogP contribution in [0.15, 0.2) is 0 Å². The van der Waals surface area contributed by atoms with E-state index in [9.17, 15) is 8.42 Å². The van der Waals surface area contributed by atoms with E-state index in [1.165, 1.54) is 25.7 Å². The molecule has 14 heavy (non-hydrogen) atoms. The molecular weight excluding hydrogens is 200 g/mol. The SMILES string of the molecule is CS(=O)(=O)OCC[C@H]1CC[C@H](C)CC1. The highest BCUT2D eigenvalue weighted by Gasteiger charge is 2.18. The van der Waals surface area contributed by atoms with Gasteiger partial charge in [-0.2, -0.15) is 8.42 Å². The van der Waals surface area contributed by atoms with Gasteiger partial charge in [-0.25, -0.2) is 0 Å². The van der Waals surface area contributed by atoms with Crippen molar-refractivity contribution in [1.82, 2.24) is 0 Å². The molecule has 1 rings (SSSR count). The molecule has 0 unspecified atom stereocenters. The van der Waals surface area contributed by atoms with E-state index in [1.54, 1.807) is 0 Å². The zero-order valence-corrected chi connectivity index (χ0v) is 9.85. The molecule has 1 aliphatic rings. The molecule has 0 aromatic rings. The maximum Gasteiger partial charge on any atom is 0.264 e. The monoisotopic (exact) mass is 220 g/mol. The fourth-order valence-corrected chi connectivity index (χ4v) is 2.38. The first-order chi connectivity index (χ1) is 6.47. The van der Waals surface area contributed by atoms with Crippen LogP contribution in [0.25, 0.3) is 0 Å². The summed E-state index contributed by atoms with van der Waals surface area (Å²) in [6, 6.07) is 0. The smallest absolute Gasteiger partial charge is 0.264 e. The van der Waals surface area contributed by atoms with Crippen LogP contribution in [0.5, 0.6) is 0 Å². The van der Waals surface area contributed by atoms with Crippen LogP contribution >= 0.6 is 0 Å². The van der Waals surface area contributed by atoms with E-state index in [-0.39, 0.29) is 0 Å². The topological polar surface area (TPSA) is 43.4 Å². The van der Waals surface area contributed by atoms with Gasteiger partial charge in [0.2, 0.25) is 0 Å². The van der Waals surface area contributed by atoms with Gasteiger partial charge < -0.3 is 0 Å². The molecule has 4 heteroatoms. The Morgan fingerprint density at radius 2 is 1.79 bits per heavy atom. The lowest BCUT2D eigenvalue weighted by molar-refractivity contribution is 0.227. The van der Waals surface area contributed by atoms with Crippen LogP contribution in [0, 0.1) is 11.8 Å². The fraction of sp³-hybridized carbons (Fsp3) is 1.00. The molecule has 0 saturated heterocycles. The second kappa shape index (κ2) is 5.12. The van der Waals surface area contributed by atoms with Gasteiger partial charge in [0, 0.05) is 0 Å². The van der Waals surface area contributed by atoms with Crippen molar-refractivity contribution in [1.29, 1.82) is 0 Å². The molecule has 0 bridgehead atoms. The van der Waals surface area contributed by atoms with Crippen LogP contribution in [-0.2, 0) is 14.3 Å². The van der Waals surface area contributed by atoms with Gasteiger partial charge in [0.05, 0.1) is 12.9 Å². The number of hydrogen-bond donors (Lipinski definition) is 0. The molecule has 0 amide bonds. The fourth-order valence-electron chi connectivity index (χ4n) is 1.98. The first-order valence-electron chi connectivity index (χ1n) is 5.32. The Kier molecular flexibility index (Phi) is 4.38. The summed E-state index contributed by atoms with van der Waals surface area (Å²) >= 11 is 0. The Balaban J connectivity index is 2.14. The van der Waals surface area contributed by atoms with Gasteiger partial charge in [-0.15, -0.1) is 0 Å². The van der Waals surface area contributed by atoms with Gasteiger partial charge in [-0.1, -0.05) is 32.6 Å².